The summed E-state index contributed by atoms with van der Waals surface area (Å²) in [6, 6.07) is 9.67. The molecule has 174 valence electrons. The van der Waals surface area contributed by atoms with Crippen molar-refractivity contribution in [3.05, 3.63) is 30.3 Å². The standard InChI is InChI=1S/C21H36O9/c1-22-30-20-18-28-16-14-26-12-10-24-8-7-23-9-11-25-13-15-27-17-19-29-21-5-3-2-4-6-21/h2-6H,7-20H2,1H3. The molecule has 0 amide bonds. The Balaban J connectivity index is 1.65. The molecule has 0 aliphatic rings. The van der Waals surface area contributed by atoms with Crippen molar-refractivity contribution in [3.63, 3.8) is 0 Å². The summed E-state index contributed by atoms with van der Waals surface area (Å²) >= 11 is 0. The molecule has 0 saturated heterocycles. The molecule has 9 nitrogen and oxygen atoms in total. The molecule has 0 saturated carbocycles. The van der Waals surface area contributed by atoms with Gasteiger partial charge in [0.05, 0.1) is 86.4 Å². The van der Waals surface area contributed by atoms with Crippen LogP contribution in [0.3, 0.4) is 0 Å². The van der Waals surface area contributed by atoms with Crippen LogP contribution in [-0.4, -0.2) is 99.6 Å². The minimum absolute atomic E-state index is 0.406. The highest BCUT2D eigenvalue weighted by Crippen LogP contribution is 2.07. The molecule has 0 aliphatic carbocycles. The Bertz CT molecular complexity index is 447. The zero-order valence-corrected chi connectivity index (χ0v) is 18.0. The van der Waals surface area contributed by atoms with Gasteiger partial charge in [-0.25, -0.2) is 9.78 Å². The van der Waals surface area contributed by atoms with E-state index in [9.17, 15) is 0 Å². The summed E-state index contributed by atoms with van der Waals surface area (Å²) in [5, 5.41) is 0. The van der Waals surface area contributed by atoms with Crippen molar-refractivity contribution in [2.45, 2.75) is 0 Å². The molecule has 0 atom stereocenters. The fourth-order valence-corrected chi connectivity index (χ4v) is 2.11. The quantitative estimate of drug-likeness (QED) is 0.146. The van der Waals surface area contributed by atoms with Gasteiger partial charge >= 0.3 is 0 Å². The lowest BCUT2D eigenvalue weighted by Gasteiger charge is -2.09. The topological polar surface area (TPSA) is 83.1 Å². The summed E-state index contributed by atoms with van der Waals surface area (Å²) in [5.41, 5.74) is 0. The molecule has 0 fully saturated rings. The van der Waals surface area contributed by atoms with Crippen LogP contribution in [0.25, 0.3) is 0 Å². The molecule has 1 rings (SSSR count). The number of rotatable bonds is 23. The van der Waals surface area contributed by atoms with Gasteiger partial charge in [0, 0.05) is 0 Å². The fraction of sp³-hybridized carbons (Fsp3) is 0.714. The van der Waals surface area contributed by atoms with Crippen molar-refractivity contribution >= 4 is 0 Å². The maximum Gasteiger partial charge on any atom is 0.119 e. The molecule has 0 aromatic heterocycles. The average molecular weight is 433 g/mol. The highest BCUT2D eigenvalue weighted by atomic mass is 17.2. The Morgan fingerprint density at radius 1 is 0.467 bits per heavy atom. The van der Waals surface area contributed by atoms with Gasteiger partial charge in [-0.2, -0.15) is 0 Å². The molecule has 1 aromatic rings. The second-order valence-electron chi connectivity index (χ2n) is 5.82. The number of ether oxygens (including phenoxy) is 7. The minimum atomic E-state index is 0.406. The third-order valence-electron chi connectivity index (χ3n) is 3.53. The highest BCUT2D eigenvalue weighted by molar-refractivity contribution is 5.20. The van der Waals surface area contributed by atoms with Crippen LogP contribution >= 0.6 is 0 Å². The van der Waals surface area contributed by atoms with Crippen LogP contribution < -0.4 is 4.74 Å². The van der Waals surface area contributed by atoms with Crippen molar-refractivity contribution in [3.8, 4) is 5.75 Å². The van der Waals surface area contributed by atoms with Crippen molar-refractivity contribution in [1.82, 2.24) is 0 Å². The van der Waals surface area contributed by atoms with Crippen LogP contribution in [0, 0.1) is 0 Å². The second-order valence-corrected chi connectivity index (χ2v) is 5.82. The van der Waals surface area contributed by atoms with Gasteiger partial charge in [0.15, 0.2) is 0 Å². The molecule has 0 radical (unpaired) electrons. The number of hydrogen-bond acceptors (Lipinski definition) is 9. The molecule has 0 bridgehead atoms. The lowest BCUT2D eigenvalue weighted by molar-refractivity contribution is -0.277. The number of para-hydroxylation sites is 1. The van der Waals surface area contributed by atoms with Crippen LogP contribution in [0.15, 0.2) is 30.3 Å². The van der Waals surface area contributed by atoms with Gasteiger partial charge < -0.3 is 33.2 Å². The summed E-state index contributed by atoms with van der Waals surface area (Å²) in [7, 11) is 1.46. The predicted octanol–water partition coefficient (Wildman–Crippen LogP) is 1.74. The van der Waals surface area contributed by atoms with E-state index in [-0.39, 0.29) is 0 Å². The van der Waals surface area contributed by atoms with E-state index in [4.69, 9.17) is 33.2 Å². The second kappa shape index (κ2) is 22.4. The molecule has 9 heteroatoms. The van der Waals surface area contributed by atoms with Crippen LogP contribution in [-0.2, 0) is 38.2 Å². The van der Waals surface area contributed by atoms with Crippen LogP contribution in [0.2, 0.25) is 0 Å². The van der Waals surface area contributed by atoms with Gasteiger partial charge in [0.25, 0.3) is 0 Å². The van der Waals surface area contributed by atoms with Crippen LogP contribution in [0.5, 0.6) is 5.75 Å². The molecule has 0 aliphatic heterocycles. The van der Waals surface area contributed by atoms with Crippen LogP contribution in [0.1, 0.15) is 0 Å². The first-order valence-corrected chi connectivity index (χ1v) is 10.2. The summed E-state index contributed by atoms with van der Waals surface area (Å²) < 4.78 is 37.9. The summed E-state index contributed by atoms with van der Waals surface area (Å²) in [4.78, 5) is 9.11. The Morgan fingerprint density at radius 2 is 0.833 bits per heavy atom. The van der Waals surface area contributed by atoms with E-state index in [2.05, 4.69) is 9.78 Å². The first-order valence-electron chi connectivity index (χ1n) is 10.2. The van der Waals surface area contributed by atoms with Gasteiger partial charge in [0.2, 0.25) is 0 Å². The van der Waals surface area contributed by atoms with E-state index >= 15 is 0 Å². The van der Waals surface area contributed by atoms with Gasteiger partial charge in [-0.3, -0.25) is 0 Å². The number of hydrogen-bond donors (Lipinski definition) is 0. The first kappa shape index (κ1) is 26.7. The zero-order chi connectivity index (χ0) is 21.4. The van der Waals surface area contributed by atoms with E-state index in [1.54, 1.807) is 0 Å². The normalized spacial score (nSPS) is 11.1. The van der Waals surface area contributed by atoms with Crippen molar-refractivity contribution in [2.75, 3.05) is 99.6 Å². The van der Waals surface area contributed by atoms with Crippen molar-refractivity contribution in [2.24, 2.45) is 0 Å². The van der Waals surface area contributed by atoms with E-state index < -0.39 is 0 Å². The lowest BCUT2D eigenvalue weighted by atomic mass is 10.3. The van der Waals surface area contributed by atoms with E-state index in [1.807, 2.05) is 30.3 Å². The third-order valence-corrected chi connectivity index (χ3v) is 3.53. The first-order chi connectivity index (χ1) is 14.9. The van der Waals surface area contributed by atoms with Crippen LogP contribution in [0.4, 0.5) is 0 Å². The van der Waals surface area contributed by atoms with Crippen molar-refractivity contribution in [1.29, 1.82) is 0 Å². The Morgan fingerprint density at radius 3 is 1.23 bits per heavy atom. The lowest BCUT2D eigenvalue weighted by Crippen LogP contribution is -2.15. The average Bonchev–Trinajstić information content (AvgIpc) is 2.78. The molecule has 0 spiro atoms. The van der Waals surface area contributed by atoms with Crippen molar-refractivity contribution < 1.29 is 42.9 Å². The van der Waals surface area contributed by atoms with Gasteiger partial charge in [-0.15, -0.1) is 0 Å². The predicted molar refractivity (Wildman–Crippen MR) is 110 cm³/mol. The molecular weight excluding hydrogens is 396 g/mol. The van der Waals surface area contributed by atoms with Gasteiger partial charge in [0.1, 0.15) is 19.0 Å². The maximum absolute atomic E-state index is 5.53. The molecule has 30 heavy (non-hydrogen) atoms. The highest BCUT2D eigenvalue weighted by Gasteiger charge is 1.95. The van der Waals surface area contributed by atoms with Gasteiger partial charge in [-0.1, -0.05) is 18.2 Å². The summed E-state index contributed by atoms with van der Waals surface area (Å²) in [6.07, 6.45) is 0. The summed E-state index contributed by atoms with van der Waals surface area (Å²) in [6.45, 7) is 7.21. The zero-order valence-electron chi connectivity index (χ0n) is 18.0. The van der Waals surface area contributed by atoms with E-state index in [1.165, 1.54) is 7.11 Å². The minimum Gasteiger partial charge on any atom is -0.491 e. The maximum atomic E-state index is 5.53. The molecule has 0 N–H and O–H groups in total. The molecule has 1 aromatic carbocycles. The monoisotopic (exact) mass is 432 g/mol. The Hall–Kier alpha value is -1.30. The fourth-order valence-electron chi connectivity index (χ4n) is 2.11. The smallest absolute Gasteiger partial charge is 0.119 e. The Kier molecular flexibility index (Phi) is 20.0. The largest absolute Gasteiger partial charge is 0.491 e. The Labute approximate surface area is 179 Å². The molecular formula is C21H36O9. The SMILES string of the molecule is COOCCOCCOCCOCCOCCOCCOCCOc1ccccc1. The number of benzene rings is 1. The van der Waals surface area contributed by atoms with E-state index in [0.29, 0.717) is 92.5 Å². The summed E-state index contributed by atoms with van der Waals surface area (Å²) in [5.74, 6) is 0.848. The molecule has 0 heterocycles. The molecule has 0 unspecified atom stereocenters. The van der Waals surface area contributed by atoms with E-state index in [0.717, 1.165) is 5.75 Å². The third kappa shape index (κ3) is 18.7. The van der Waals surface area contributed by atoms with Gasteiger partial charge in [-0.05, 0) is 12.1 Å².